The highest BCUT2D eigenvalue weighted by molar-refractivity contribution is 5.80. The maximum absolute atomic E-state index is 12.4. The van der Waals surface area contributed by atoms with Crippen LogP contribution in [0, 0.1) is 11.8 Å². The van der Waals surface area contributed by atoms with Crippen LogP contribution in [0.4, 0.5) is 13.2 Å². The number of aliphatic carboxylic acids is 1. The van der Waals surface area contributed by atoms with E-state index in [2.05, 4.69) is 24.1 Å². The average molecular weight is 394 g/mol. The molecule has 0 radical (unpaired) electrons. The molecule has 2 bridgehead atoms. The Bertz CT molecular complexity index is 523. The molecule has 3 atom stereocenters. The second-order valence-electron chi connectivity index (χ2n) is 8.02. The number of nitrogens with one attached hydrogen (secondary N) is 1. The molecule has 0 aromatic carbocycles. The van der Waals surface area contributed by atoms with Crippen LogP contribution in [0.15, 0.2) is 0 Å². The van der Waals surface area contributed by atoms with Gasteiger partial charge in [0.2, 0.25) is 5.91 Å². The highest BCUT2D eigenvalue weighted by Crippen LogP contribution is 2.33. The Kier molecular flexibility index (Phi) is 7.50. The zero-order valence-electron chi connectivity index (χ0n) is 15.8. The normalized spacial score (nSPS) is 28.3. The standard InChI is InChI=1S/C16H28N2O2.C2HF3O2/c1-11(2)6-7-18-9-13-8-14(15(10-18)20-13)16(19)17-12-4-3-5-12;3-2(4,5)1(6)7/h11-15H,3-10H2,1-2H3,(H,17,19);(H,6,7). The third-order valence-corrected chi connectivity index (χ3v) is 5.29. The fourth-order valence-corrected chi connectivity index (χ4v) is 3.50. The van der Waals surface area contributed by atoms with Crippen LogP contribution in [0.25, 0.3) is 0 Å². The van der Waals surface area contributed by atoms with E-state index in [0.717, 1.165) is 44.8 Å². The summed E-state index contributed by atoms with van der Waals surface area (Å²) in [7, 11) is 0. The fraction of sp³-hybridized carbons (Fsp3) is 0.889. The van der Waals surface area contributed by atoms with E-state index in [1.807, 2.05) is 0 Å². The molecule has 3 fully saturated rings. The molecule has 2 N–H and O–H groups in total. The minimum Gasteiger partial charge on any atom is -0.475 e. The summed E-state index contributed by atoms with van der Waals surface area (Å²) in [5, 5.41) is 10.3. The summed E-state index contributed by atoms with van der Waals surface area (Å²) < 4.78 is 37.7. The molecule has 0 spiro atoms. The largest absolute Gasteiger partial charge is 0.490 e. The van der Waals surface area contributed by atoms with E-state index in [1.165, 1.54) is 12.8 Å². The van der Waals surface area contributed by atoms with Crippen LogP contribution in [-0.4, -0.2) is 65.9 Å². The van der Waals surface area contributed by atoms with Crippen LogP contribution in [-0.2, 0) is 14.3 Å². The quantitative estimate of drug-likeness (QED) is 0.749. The van der Waals surface area contributed by atoms with Crippen molar-refractivity contribution in [2.45, 2.75) is 70.4 Å². The van der Waals surface area contributed by atoms with Gasteiger partial charge < -0.3 is 15.2 Å². The number of halogens is 3. The minimum atomic E-state index is -5.08. The second-order valence-corrected chi connectivity index (χ2v) is 8.02. The molecule has 0 aromatic rings. The van der Waals surface area contributed by atoms with Gasteiger partial charge in [0.15, 0.2) is 0 Å². The van der Waals surface area contributed by atoms with Gasteiger partial charge in [-0.25, -0.2) is 4.79 Å². The first-order valence-electron chi connectivity index (χ1n) is 9.54. The summed E-state index contributed by atoms with van der Waals surface area (Å²) in [5.41, 5.74) is 0. The zero-order chi connectivity index (χ0) is 20.2. The Morgan fingerprint density at radius 1 is 1.26 bits per heavy atom. The Labute approximate surface area is 157 Å². The van der Waals surface area contributed by atoms with Crippen LogP contribution in [0.5, 0.6) is 0 Å². The molecule has 1 amide bonds. The van der Waals surface area contributed by atoms with Gasteiger partial charge in [0.25, 0.3) is 0 Å². The summed E-state index contributed by atoms with van der Waals surface area (Å²) in [4.78, 5) is 23.7. The number of carbonyl (C=O) groups excluding carboxylic acids is 1. The number of rotatable bonds is 5. The fourth-order valence-electron chi connectivity index (χ4n) is 3.50. The first-order valence-corrected chi connectivity index (χ1v) is 9.54. The van der Waals surface area contributed by atoms with Crippen molar-refractivity contribution < 1.29 is 32.6 Å². The number of nitrogens with zero attached hydrogens (tertiary/aromatic N) is 1. The van der Waals surface area contributed by atoms with Crippen molar-refractivity contribution in [3.63, 3.8) is 0 Å². The lowest BCUT2D eigenvalue weighted by Crippen LogP contribution is -2.48. The summed E-state index contributed by atoms with van der Waals surface area (Å²) in [6, 6.07) is 0.444. The topological polar surface area (TPSA) is 78.9 Å². The van der Waals surface area contributed by atoms with Gasteiger partial charge in [-0.15, -0.1) is 0 Å². The van der Waals surface area contributed by atoms with Gasteiger partial charge in [0.1, 0.15) is 0 Å². The average Bonchev–Trinajstić information content (AvgIpc) is 2.83. The number of carboxylic acids is 1. The van der Waals surface area contributed by atoms with Crippen molar-refractivity contribution in [2.75, 3.05) is 19.6 Å². The number of likely N-dealkylation sites (tertiary alicyclic amines) is 1. The molecule has 1 aliphatic carbocycles. The van der Waals surface area contributed by atoms with Gasteiger partial charge in [0.05, 0.1) is 18.1 Å². The van der Waals surface area contributed by atoms with Gasteiger partial charge in [-0.2, -0.15) is 13.2 Å². The number of morpholine rings is 1. The molecule has 2 saturated heterocycles. The number of ether oxygens (including phenoxy) is 1. The van der Waals surface area contributed by atoms with Gasteiger partial charge in [-0.1, -0.05) is 13.8 Å². The van der Waals surface area contributed by atoms with Crippen LogP contribution in [0.1, 0.15) is 46.0 Å². The van der Waals surface area contributed by atoms with E-state index in [0.29, 0.717) is 6.04 Å². The van der Waals surface area contributed by atoms with Gasteiger partial charge in [-0.3, -0.25) is 9.69 Å². The van der Waals surface area contributed by atoms with Crippen molar-refractivity contribution in [3.8, 4) is 0 Å². The van der Waals surface area contributed by atoms with Gasteiger partial charge in [-0.05, 0) is 44.6 Å². The molecule has 2 aliphatic heterocycles. The Hall–Kier alpha value is -1.35. The molecular weight excluding hydrogens is 365 g/mol. The number of amides is 1. The predicted molar refractivity (Wildman–Crippen MR) is 92.1 cm³/mol. The predicted octanol–water partition coefficient (Wildman–Crippen LogP) is 2.42. The molecule has 3 aliphatic rings. The SMILES string of the molecule is CC(C)CCN1CC2CC(C(=O)NC3CCC3)C(C1)O2.O=C(O)C(F)(F)F. The first kappa shape index (κ1) is 21.9. The summed E-state index contributed by atoms with van der Waals surface area (Å²) in [6.07, 6.45) is 1.06. The number of hydrogen-bond donors (Lipinski definition) is 2. The van der Waals surface area contributed by atoms with Gasteiger partial charge >= 0.3 is 12.1 Å². The molecule has 9 heteroatoms. The van der Waals surface area contributed by atoms with E-state index in [1.54, 1.807) is 0 Å². The number of fused-ring (bicyclic) bond motifs is 2. The summed E-state index contributed by atoms with van der Waals surface area (Å²) >= 11 is 0. The molecule has 6 nitrogen and oxygen atoms in total. The highest BCUT2D eigenvalue weighted by Gasteiger charge is 2.45. The smallest absolute Gasteiger partial charge is 0.475 e. The van der Waals surface area contributed by atoms with Crippen molar-refractivity contribution in [2.24, 2.45) is 11.8 Å². The summed E-state index contributed by atoms with van der Waals surface area (Å²) in [6.45, 7) is 7.63. The Morgan fingerprint density at radius 2 is 1.89 bits per heavy atom. The van der Waals surface area contributed by atoms with Gasteiger partial charge in [0, 0.05) is 19.1 Å². The van der Waals surface area contributed by atoms with E-state index < -0.39 is 12.1 Å². The maximum Gasteiger partial charge on any atom is 0.490 e. The first-order chi connectivity index (χ1) is 12.6. The molecule has 1 saturated carbocycles. The Morgan fingerprint density at radius 3 is 2.37 bits per heavy atom. The molecule has 0 aromatic heterocycles. The van der Waals surface area contributed by atoms with Crippen LogP contribution in [0.2, 0.25) is 0 Å². The lowest BCUT2D eigenvalue weighted by atomic mass is 9.91. The lowest BCUT2D eigenvalue weighted by molar-refractivity contribution is -0.192. The maximum atomic E-state index is 12.4. The Balaban J connectivity index is 0.000000321. The zero-order valence-corrected chi connectivity index (χ0v) is 15.8. The number of carbonyl (C=O) groups is 2. The molecule has 27 heavy (non-hydrogen) atoms. The van der Waals surface area contributed by atoms with Crippen molar-refractivity contribution in [1.82, 2.24) is 10.2 Å². The number of alkyl halides is 3. The molecule has 156 valence electrons. The van der Waals surface area contributed by atoms with E-state index in [4.69, 9.17) is 14.6 Å². The van der Waals surface area contributed by atoms with Crippen molar-refractivity contribution in [3.05, 3.63) is 0 Å². The highest BCUT2D eigenvalue weighted by atomic mass is 19.4. The van der Waals surface area contributed by atoms with E-state index >= 15 is 0 Å². The van der Waals surface area contributed by atoms with Crippen LogP contribution >= 0.6 is 0 Å². The van der Waals surface area contributed by atoms with Crippen LogP contribution < -0.4 is 5.32 Å². The lowest BCUT2D eigenvalue weighted by Gasteiger charge is -2.33. The monoisotopic (exact) mass is 394 g/mol. The number of carboxylic acid groups (broad SMARTS) is 1. The van der Waals surface area contributed by atoms with Crippen molar-refractivity contribution >= 4 is 11.9 Å². The molecule has 2 heterocycles. The molecular formula is C18H29F3N2O4. The summed E-state index contributed by atoms with van der Waals surface area (Å²) in [5.74, 6) is -1.68. The second kappa shape index (κ2) is 9.23. The minimum absolute atomic E-state index is 0.0876. The molecule has 3 rings (SSSR count). The number of hydrogen-bond acceptors (Lipinski definition) is 4. The van der Waals surface area contributed by atoms with E-state index in [-0.39, 0.29) is 24.0 Å². The third-order valence-electron chi connectivity index (χ3n) is 5.29. The van der Waals surface area contributed by atoms with E-state index in [9.17, 15) is 18.0 Å². The molecule has 3 unspecified atom stereocenters. The third kappa shape index (κ3) is 6.64. The van der Waals surface area contributed by atoms with Crippen LogP contribution in [0.3, 0.4) is 0 Å². The van der Waals surface area contributed by atoms with Crippen molar-refractivity contribution in [1.29, 1.82) is 0 Å².